The maximum atomic E-state index is 16.4. The van der Waals surface area contributed by atoms with Gasteiger partial charge >= 0.3 is 181 Å². The summed E-state index contributed by atoms with van der Waals surface area (Å²) in [7, 11) is 0. The van der Waals surface area contributed by atoms with Crippen LogP contribution in [0.4, 0.5) is 4.39 Å². The van der Waals surface area contributed by atoms with Crippen LogP contribution < -0.4 is 13.2 Å². The first kappa shape index (κ1) is 20.4. The van der Waals surface area contributed by atoms with Gasteiger partial charge in [0.25, 0.3) is 0 Å². The van der Waals surface area contributed by atoms with Crippen LogP contribution in [0.3, 0.4) is 0 Å². The van der Waals surface area contributed by atoms with Gasteiger partial charge in [-0.05, 0) is 0 Å². The first-order valence-electron chi connectivity index (χ1n) is 10.4. The second-order valence-electron chi connectivity index (χ2n) is 7.42. The molecule has 0 aliphatic rings. The second kappa shape index (κ2) is 9.73. The third-order valence-electron chi connectivity index (χ3n) is 5.58. The van der Waals surface area contributed by atoms with E-state index in [-0.39, 0.29) is 4.66 Å². The van der Waals surface area contributed by atoms with Crippen LogP contribution in [0.5, 0.6) is 0 Å². The van der Waals surface area contributed by atoms with E-state index in [0.29, 0.717) is 6.42 Å². The van der Waals surface area contributed by atoms with Crippen LogP contribution in [-0.4, -0.2) is 13.3 Å². The Morgan fingerprint density at radius 2 is 0.933 bits per heavy atom. The van der Waals surface area contributed by atoms with Crippen molar-refractivity contribution in [1.29, 1.82) is 0 Å². The predicted molar refractivity (Wildman–Crippen MR) is 128 cm³/mol. The van der Waals surface area contributed by atoms with Gasteiger partial charge in [0.2, 0.25) is 0 Å². The fourth-order valence-corrected chi connectivity index (χ4v) is 13.3. The van der Waals surface area contributed by atoms with Gasteiger partial charge in [0, 0.05) is 0 Å². The number of halogens is 1. The molecule has 0 saturated heterocycles. The van der Waals surface area contributed by atoms with Crippen molar-refractivity contribution in [3.63, 3.8) is 0 Å². The van der Waals surface area contributed by atoms with Crippen molar-refractivity contribution in [1.82, 2.24) is 0 Å². The van der Waals surface area contributed by atoms with Gasteiger partial charge < -0.3 is 0 Å². The summed E-state index contributed by atoms with van der Waals surface area (Å²) >= 11 is -3.67. The Balaban J connectivity index is 1.85. The summed E-state index contributed by atoms with van der Waals surface area (Å²) in [5.41, 5.74) is 1.23. The molecule has 30 heavy (non-hydrogen) atoms. The first-order chi connectivity index (χ1) is 14.8. The van der Waals surface area contributed by atoms with E-state index in [0.717, 1.165) is 19.6 Å². The molecule has 0 saturated carbocycles. The van der Waals surface area contributed by atoms with E-state index in [9.17, 15) is 0 Å². The molecule has 4 rings (SSSR count). The number of rotatable bonds is 7. The summed E-state index contributed by atoms with van der Waals surface area (Å²) < 4.78 is 19.8. The van der Waals surface area contributed by atoms with Crippen molar-refractivity contribution in [2.75, 3.05) is 0 Å². The Morgan fingerprint density at radius 1 is 0.567 bits per heavy atom. The van der Waals surface area contributed by atoms with Crippen molar-refractivity contribution in [2.45, 2.75) is 12.8 Å². The molecule has 148 valence electrons. The molecule has 0 radical (unpaired) electrons. The minimum atomic E-state index is -3.67. The minimum absolute atomic E-state index is 0.0505. The molecule has 0 N–H and O–H groups in total. The number of hydrogen-bond donors (Lipinski definition) is 0. The zero-order valence-corrected chi connectivity index (χ0v) is 19.0. The Morgan fingerprint density at radius 3 is 1.33 bits per heavy atom. The molecule has 2 heteroatoms. The monoisotopic (exact) mass is 454 g/mol. The standard InChI is InChI=1S/C28H25FGe/c29-28(23-13-16-24-14-5-1-6-15-24)30(25-17-7-2-8-18-25,26-19-9-3-10-20-26)27-21-11-4-12-22-27/h1-12,14-15,17-23H,13,16H2/b28-23+. The van der Waals surface area contributed by atoms with Crippen LogP contribution in [0.25, 0.3) is 0 Å². The van der Waals surface area contributed by atoms with E-state index >= 15 is 4.39 Å². The second-order valence-corrected chi connectivity index (χ2v) is 15.2. The molecule has 0 aliphatic carbocycles. The molecule has 0 heterocycles. The van der Waals surface area contributed by atoms with Gasteiger partial charge in [0.05, 0.1) is 0 Å². The van der Waals surface area contributed by atoms with Gasteiger partial charge in [-0.15, -0.1) is 0 Å². The van der Waals surface area contributed by atoms with E-state index in [2.05, 4.69) is 48.5 Å². The topological polar surface area (TPSA) is 0 Å². The van der Waals surface area contributed by atoms with Crippen LogP contribution in [0.2, 0.25) is 0 Å². The van der Waals surface area contributed by atoms with Gasteiger partial charge in [-0.2, -0.15) is 0 Å². The fourth-order valence-electron chi connectivity index (χ4n) is 4.14. The Kier molecular flexibility index (Phi) is 6.61. The average molecular weight is 453 g/mol. The molecule has 0 aliphatic heterocycles. The zero-order valence-electron chi connectivity index (χ0n) is 16.9. The van der Waals surface area contributed by atoms with Crippen LogP contribution in [0, 0.1) is 0 Å². The molecule has 0 bridgehead atoms. The molecule has 0 aromatic heterocycles. The van der Waals surface area contributed by atoms with Gasteiger partial charge in [-0.1, -0.05) is 0 Å². The van der Waals surface area contributed by atoms with E-state index in [1.807, 2.05) is 78.9 Å². The number of allylic oxidation sites excluding steroid dienone is 1. The van der Waals surface area contributed by atoms with Crippen molar-refractivity contribution < 1.29 is 4.39 Å². The summed E-state index contributed by atoms with van der Waals surface area (Å²) in [6.45, 7) is 0. The molecule has 0 spiro atoms. The van der Waals surface area contributed by atoms with Crippen molar-refractivity contribution in [3.8, 4) is 0 Å². The quantitative estimate of drug-likeness (QED) is 0.339. The van der Waals surface area contributed by atoms with Gasteiger partial charge in [-0.3, -0.25) is 0 Å². The van der Waals surface area contributed by atoms with Gasteiger partial charge in [-0.25, -0.2) is 0 Å². The Labute approximate surface area is 181 Å². The molecular formula is C28H25FGe. The zero-order chi connectivity index (χ0) is 20.7. The molecule has 4 aromatic carbocycles. The number of benzene rings is 4. The normalized spacial score (nSPS) is 12.0. The van der Waals surface area contributed by atoms with Crippen molar-refractivity contribution in [3.05, 3.63) is 138 Å². The third-order valence-corrected chi connectivity index (χ3v) is 15.1. The first-order valence-corrected chi connectivity index (χ1v) is 14.6. The fraction of sp³-hybridized carbons (Fsp3) is 0.0714. The van der Waals surface area contributed by atoms with E-state index in [1.54, 1.807) is 0 Å². The summed E-state index contributed by atoms with van der Waals surface area (Å²) in [6, 6.07) is 41.1. The van der Waals surface area contributed by atoms with E-state index in [4.69, 9.17) is 0 Å². The van der Waals surface area contributed by atoms with Gasteiger partial charge in [0.1, 0.15) is 0 Å². The molecular weight excluding hydrogens is 428 g/mol. The van der Waals surface area contributed by atoms with Crippen molar-refractivity contribution in [2.24, 2.45) is 0 Å². The molecule has 0 unspecified atom stereocenters. The number of hydrogen-bond acceptors (Lipinski definition) is 0. The summed E-state index contributed by atoms with van der Waals surface area (Å²) in [5.74, 6) is 0. The molecule has 0 fully saturated rings. The number of aryl methyl sites for hydroxylation is 1. The Hall–Kier alpha value is -2.91. The Bertz CT molecular complexity index is 978. The molecule has 0 nitrogen and oxygen atoms in total. The molecule has 0 amide bonds. The maximum absolute atomic E-state index is 16.4. The van der Waals surface area contributed by atoms with E-state index in [1.165, 1.54) is 5.56 Å². The van der Waals surface area contributed by atoms with Crippen LogP contribution in [0.1, 0.15) is 12.0 Å². The van der Waals surface area contributed by atoms with Crippen molar-refractivity contribution >= 4 is 26.5 Å². The van der Waals surface area contributed by atoms with Crippen LogP contribution in [0.15, 0.2) is 132 Å². The predicted octanol–water partition coefficient (Wildman–Crippen LogP) is 5.18. The van der Waals surface area contributed by atoms with Crippen LogP contribution >= 0.6 is 0 Å². The van der Waals surface area contributed by atoms with E-state index < -0.39 is 13.3 Å². The molecule has 4 aromatic rings. The van der Waals surface area contributed by atoms with Gasteiger partial charge in [0.15, 0.2) is 0 Å². The SMILES string of the molecule is F/[C](=C\CCc1ccccc1)[Ge]([c]1ccccc1)([c]1ccccc1)[c]1ccccc1. The molecule has 0 atom stereocenters. The average Bonchev–Trinajstić information content (AvgIpc) is 2.82. The summed E-state index contributed by atoms with van der Waals surface area (Å²) in [5, 5.41) is 0. The summed E-state index contributed by atoms with van der Waals surface area (Å²) in [6.07, 6.45) is 3.38. The van der Waals surface area contributed by atoms with Crippen LogP contribution in [-0.2, 0) is 6.42 Å². The summed E-state index contributed by atoms with van der Waals surface area (Å²) in [4.78, 5) is 0. The third kappa shape index (κ3) is 4.17.